The van der Waals surface area contributed by atoms with Gasteiger partial charge in [-0.1, -0.05) is 6.92 Å². The number of nitrogens with zero attached hydrogens (tertiary/aromatic N) is 2. The van der Waals surface area contributed by atoms with E-state index in [0.29, 0.717) is 18.6 Å². The first-order valence-corrected chi connectivity index (χ1v) is 6.77. The summed E-state index contributed by atoms with van der Waals surface area (Å²) in [5.41, 5.74) is 9.07. The second kappa shape index (κ2) is 5.76. The topological polar surface area (TPSA) is 61.0 Å². The lowest BCUT2D eigenvalue weighted by Crippen LogP contribution is -2.17. The molecule has 1 fully saturated rings. The first-order valence-electron chi connectivity index (χ1n) is 6.77. The van der Waals surface area contributed by atoms with Crippen LogP contribution in [0.2, 0.25) is 0 Å². The fourth-order valence-electron chi connectivity index (χ4n) is 2.73. The second-order valence-electron chi connectivity index (χ2n) is 5.20. The summed E-state index contributed by atoms with van der Waals surface area (Å²) in [7, 11) is 0. The van der Waals surface area contributed by atoms with Crippen LogP contribution in [0.4, 0.5) is 0 Å². The van der Waals surface area contributed by atoms with Crippen molar-refractivity contribution in [2.24, 2.45) is 5.73 Å². The molecular formula is C14H23N3O. The summed E-state index contributed by atoms with van der Waals surface area (Å²) >= 11 is 0. The molecule has 1 aromatic heterocycles. The Labute approximate surface area is 109 Å². The maximum atomic E-state index is 5.74. The summed E-state index contributed by atoms with van der Waals surface area (Å²) in [6.07, 6.45) is 3.42. The van der Waals surface area contributed by atoms with Crippen molar-refractivity contribution in [3.8, 4) is 0 Å². The molecule has 2 unspecified atom stereocenters. The van der Waals surface area contributed by atoms with E-state index in [1.54, 1.807) is 0 Å². The van der Waals surface area contributed by atoms with Crippen LogP contribution in [0.3, 0.4) is 0 Å². The SMILES string of the molecule is Cc1nc(CC2CCCO2)nc(C)c1C(C)CN. The van der Waals surface area contributed by atoms with Crippen LogP contribution >= 0.6 is 0 Å². The van der Waals surface area contributed by atoms with E-state index in [-0.39, 0.29) is 0 Å². The van der Waals surface area contributed by atoms with Gasteiger partial charge >= 0.3 is 0 Å². The normalized spacial score (nSPS) is 21.2. The molecule has 0 aromatic carbocycles. The van der Waals surface area contributed by atoms with Gasteiger partial charge in [-0.3, -0.25) is 0 Å². The highest BCUT2D eigenvalue weighted by Crippen LogP contribution is 2.22. The summed E-state index contributed by atoms with van der Waals surface area (Å²) in [6.45, 7) is 7.74. The Morgan fingerprint density at radius 2 is 2.00 bits per heavy atom. The summed E-state index contributed by atoms with van der Waals surface area (Å²) < 4.78 is 5.64. The zero-order chi connectivity index (χ0) is 13.1. The van der Waals surface area contributed by atoms with E-state index in [4.69, 9.17) is 10.5 Å². The Hall–Kier alpha value is -1.00. The molecule has 1 saturated heterocycles. The fourth-order valence-corrected chi connectivity index (χ4v) is 2.73. The smallest absolute Gasteiger partial charge is 0.131 e. The van der Waals surface area contributed by atoms with Crippen molar-refractivity contribution < 1.29 is 4.74 Å². The monoisotopic (exact) mass is 249 g/mol. The highest BCUT2D eigenvalue weighted by molar-refractivity contribution is 5.28. The maximum Gasteiger partial charge on any atom is 0.131 e. The summed E-state index contributed by atoms with van der Waals surface area (Å²) in [5, 5.41) is 0. The highest BCUT2D eigenvalue weighted by atomic mass is 16.5. The van der Waals surface area contributed by atoms with Crippen LogP contribution in [0.25, 0.3) is 0 Å². The van der Waals surface area contributed by atoms with E-state index in [0.717, 1.165) is 43.1 Å². The molecule has 2 atom stereocenters. The Morgan fingerprint density at radius 3 is 2.50 bits per heavy atom. The van der Waals surface area contributed by atoms with Crippen LogP contribution in [0.15, 0.2) is 0 Å². The van der Waals surface area contributed by atoms with Crippen LogP contribution in [0.1, 0.15) is 48.5 Å². The Bertz CT molecular complexity index is 390. The predicted molar refractivity (Wildman–Crippen MR) is 71.7 cm³/mol. The molecule has 0 bridgehead atoms. The van der Waals surface area contributed by atoms with Gasteiger partial charge in [-0.05, 0) is 44.7 Å². The number of rotatable bonds is 4. The zero-order valence-electron chi connectivity index (χ0n) is 11.6. The molecule has 1 aromatic rings. The van der Waals surface area contributed by atoms with Crippen molar-refractivity contribution in [2.75, 3.05) is 13.2 Å². The summed E-state index contributed by atoms with van der Waals surface area (Å²) in [4.78, 5) is 9.24. The van der Waals surface area contributed by atoms with Gasteiger partial charge in [-0.2, -0.15) is 0 Å². The fraction of sp³-hybridized carbons (Fsp3) is 0.714. The zero-order valence-corrected chi connectivity index (χ0v) is 11.6. The van der Waals surface area contributed by atoms with Gasteiger partial charge in [-0.15, -0.1) is 0 Å². The first kappa shape index (κ1) is 13.4. The molecule has 2 N–H and O–H groups in total. The Kier molecular flexibility index (Phi) is 4.30. The van der Waals surface area contributed by atoms with E-state index >= 15 is 0 Å². The summed E-state index contributed by atoms with van der Waals surface area (Å²) in [6, 6.07) is 0. The van der Waals surface area contributed by atoms with Gasteiger partial charge in [0.25, 0.3) is 0 Å². The standard InChI is InChI=1S/C14H23N3O/c1-9(8-15)14-10(2)16-13(17-11(14)3)7-12-5-4-6-18-12/h9,12H,4-8,15H2,1-3H3. The van der Waals surface area contributed by atoms with Crippen molar-refractivity contribution in [3.05, 3.63) is 22.8 Å². The van der Waals surface area contributed by atoms with Crippen LogP contribution in [-0.4, -0.2) is 29.2 Å². The van der Waals surface area contributed by atoms with E-state index in [2.05, 4.69) is 30.7 Å². The van der Waals surface area contributed by atoms with Gasteiger partial charge in [0.15, 0.2) is 0 Å². The van der Waals surface area contributed by atoms with Crippen molar-refractivity contribution >= 4 is 0 Å². The van der Waals surface area contributed by atoms with Crippen LogP contribution in [-0.2, 0) is 11.2 Å². The van der Waals surface area contributed by atoms with Crippen molar-refractivity contribution in [1.82, 2.24) is 9.97 Å². The Morgan fingerprint density at radius 1 is 1.33 bits per heavy atom. The quantitative estimate of drug-likeness (QED) is 0.885. The molecule has 2 rings (SSSR count). The number of nitrogens with two attached hydrogens (primary N) is 1. The average molecular weight is 249 g/mol. The van der Waals surface area contributed by atoms with Gasteiger partial charge in [-0.25, -0.2) is 9.97 Å². The highest BCUT2D eigenvalue weighted by Gasteiger charge is 2.19. The molecule has 1 aliphatic heterocycles. The van der Waals surface area contributed by atoms with E-state index in [1.807, 2.05) is 0 Å². The van der Waals surface area contributed by atoms with E-state index < -0.39 is 0 Å². The van der Waals surface area contributed by atoms with E-state index in [1.165, 1.54) is 5.56 Å². The van der Waals surface area contributed by atoms with Gasteiger partial charge in [0.1, 0.15) is 5.82 Å². The van der Waals surface area contributed by atoms with E-state index in [9.17, 15) is 0 Å². The van der Waals surface area contributed by atoms with Crippen LogP contribution in [0, 0.1) is 13.8 Å². The number of aromatic nitrogens is 2. The lowest BCUT2D eigenvalue weighted by Gasteiger charge is -2.16. The molecular weight excluding hydrogens is 226 g/mol. The lowest BCUT2D eigenvalue weighted by atomic mass is 9.98. The number of hydrogen-bond acceptors (Lipinski definition) is 4. The van der Waals surface area contributed by atoms with Gasteiger partial charge in [0.2, 0.25) is 0 Å². The lowest BCUT2D eigenvalue weighted by molar-refractivity contribution is 0.110. The van der Waals surface area contributed by atoms with Gasteiger partial charge in [0, 0.05) is 24.4 Å². The van der Waals surface area contributed by atoms with Crippen molar-refractivity contribution in [1.29, 1.82) is 0 Å². The summed E-state index contributed by atoms with van der Waals surface area (Å²) in [5.74, 6) is 1.23. The molecule has 0 radical (unpaired) electrons. The van der Waals surface area contributed by atoms with Gasteiger partial charge < -0.3 is 10.5 Å². The minimum absolute atomic E-state index is 0.307. The third kappa shape index (κ3) is 2.87. The molecule has 4 nitrogen and oxygen atoms in total. The van der Waals surface area contributed by atoms with Crippen molar-refractivity contribution in [3.63, 3.8) is 0 Å². The van der Waals surface area contributed by atoms with Crippen LogP contribution in [0.5, 0.6) is 0 Å². The molecule has 18 heavy (non-hydrogen) atoms. The predicted octanol–water partition coefficient (Wildman–Crippen LogP) is 1.88. The third-order valence-electron chi connectivity index (χ3n) is 3.65. The molecule has 1 aliphatic rings. The number of aryl methyl sites for hydroxylation is 2. The third-order valence-corrected chi connectivity index (χ3v) is 3.65. The molecule has 4 heteroatoms. The van der Waals surface area contributed by atoms with Gasteiger partial charge in [0.05, 0.1) is 6.10 Å². The van der Waals surface area contributed by atoms with Crippen LogP contribution < -0.4 is 5.73 Å². The molecule has 100 valence electrons. The molecule has 0 amide bonds. The molecule has 0 spiro atoms. The van der Waals surface area contributed by atoms with Crippen molar-refractivity contribution in [2.45, 2.75) is 52.1 Å². The number of ether oxygens (including phenoxy) is 1. The first-order chi connectivity index (χ1) is 8.61. The Balaban J connectivity index is 2.18. The molecule has 0 saturated carbocycles. The second-order valence-corrected chi connectivity index (χ2v) is 5.20. The minimum Gasteiger partial charge on any atom is -0.378 e. The number of hydrogen-bond donors (Lipinski definition) is 1. The molecule has 0 aliphatic carbocycles. The average Bonchev–Trinajstić information content (AvgIpc) is 2.80. The molecule has 2 heterocycles. The minimum atomic E-state index is 0.307. The maximum absolute atomic E-state index is 5.74. The largest absolute Gasteiger partial charge is 0.378 e.